The van der Waals surface area contributed by atoms with Crippen molar-refractivity contribution in [2.75, 3.05) is 25.1 Å². The monoisotopic (exact) mass is 236 g/mol. The van der Waals surface area contributed by atoms with Crippen LogP contribution in [0.2, 0.25) is 0 Å². The summed E-state index contributed by atoms with van der Waals surface area (Å²) < 4.78 is 0. The quantitative estimate of drug-likeness (QED) is 0.579. The fraction of sp³-hybridized carbons (Fsp3) is 0.538. The van der Waals surface area contributed by atoms with E-state index in [1.165, 1.54) is 0 Å². The van der Waals surface area contributed by atoms with Crippen LogP contribution in [0.5, 0.6) is 0 Å². The Morgan fingerprint density at radius 2 is 2.18 bits per heavy atom. The lowest BCUT2D eigenvalue weighted by Crippen LogP contribution is -2.20. The number of pyridine rings is 1. The minimum atomic E-state index is 0.259. The lowest BCUT2D eigenvalue weighted by Gasteiger charge is -2.20. The first-order chi connectivity index (χ1) is 8.19. The molecule has 0 unspecified atom stereocenters. The highest BCUT2D eigenvalue weighted by Crippen LogP contribution is 2.16. The number of hydrogen-bond donors (Lipinski definition) is 1. The topological polar surface area (TPSA) is 53.4 Å². The number of aryl methyl sites for hydroxylation is 1. The molecule has 4 heteroatoms. The minimum absolute atomic E-state index is 0.259. The molecule has 0 aliphatic heterocycles. The summed E-state index contributed by atoms with van der Waals surface area (Å²) >= 11 is 0. The Morgan fingerprint density at radius 3 is 2.76 bits per heavy atom. The summed E-state index contributed by atoms with van der Waals surface area (Å²) in [6, 6.07) is 1.85. The third kappa shape index (κ3) is 4.15. The summed E-state index contributed by atoms with van der Waals surface area (Å²) in [4.78, 5) is 17.0. The van der Waals surface area contributed by atoms with Gasteiger partial charge in [-0.2, -0.15) is 0 Å². The van der Waals surface area contributed by atoms with Crippen molar-refractivity contribution < 1.29 is 9.90 Å². The highest BCUT2D eigenvalue weighted by molar-refractivity contribution is 5.75. The Labute approximate surface area is 102 Å². The van der Waals surface area contributed by atoms with E-state index in [9.17, 15) is 4.79 Å². The summed E-state index contributed by atoms with van der Waals surface area (Å²) in [6.07, 6.45) is 5.31. The second kappa shape index (κ2) is 7.01. The van der Waals surface area contributed by atoms with Crippen molar-refractivity contribution in [1.29, 1.82) is 0 Å². The van der Waals surface area contributed by atoms with Crippen LogP contribution in [0.3, 0.4) is 0 Å². The van der Waals surface area contributed by atoms with Gasteiger partial charge >= 0.3 is 0 Å². The largest absolute Gasteiger partial charge is 0.396 e. The van der Waals surface area contributed by atoms with Gasteiger partial charge in [0.15, 0.2) is 6.29 Å². The van der Waals surface area contributed by atoms with Crippen molar-refractivity contribution in [2.45, 2.75) is 26.2 Å². The second-order valence-electron chi connectivity index (χ2n) is 4.23. The van der Waals surface area contributed by atoms with E-state index in [1.807, 2.05) is 20.0 Å². The van der Waals surface area contributed by atoms with Gasteiger partial charge in [-0.1, -0.05) is 0 Å². The standard InChI is InChI=1S/C13H20N2O2/c1-11-8-12(10-17)9-14-13(11)15(2)6-4-3-5-7-16/h8-10,16H,3-7H2,1-2H3. The SMILES string of the molecule is Cc1cc(C=O)cnc1N(C)CCCCCO. The predicted molar refractivity (Wildman–Crippen MR) is 68.6 cm³/mol. The van der Waals surface area contributed by atoms with Crippen LogP contribution < -0.4 is 4.90 Å². The molecule has 1 rings (SSSR count). The summed E-state index contributed by atoms with van der Waals surface area (Å²) in [5, 5.41) is 8.69. The molecule has 0 aliphatic rings. The van der Waals surface area contributed by atoms with Gasteiger partial charge < -0.3 is 10.0 Å². The zero-order valence-corrected chi connectivity index (χ0v) is 10.5. The lowest BCUT2D eigenvalue weighted by molar-refractivity contribution is 0.112. The molecule has 17 heavy (non-hydrogen) atoms. The third-order valence-corrected chi connectivity index (χ3v) is 2.72. The zero-order chi connectivity index (χ0) is 12.7. The molecule has 0 saturated heterocycles. The predicted octanol–water partition coefficient (Wildman–Crippen LogP) is 1.80. The van der Waals surface area contributed by atoms with Crippen molar-refractivity contribution in [1.82, 2.24) is 4.98 Å². The fourth-order valence-electron chi connectivity index (χ4n) is 1.80. The van der Waals surface area contributed by atoms with E-state index in [0.717, 1.165) is 43.5 Å². The smallest absolute Gasteiger partial charge is 0.151 e. The van der Waals surface area contributed by atoms with E-state index in [1.54, 1.807) is 6.20 Å². The van der Waals surface area contributed by atoms with Gasteiger partial charge in [-0.05, 0) is 37.8 Å². The summed E-state index contributed by atoms with van der Waals surface area (Å²) in [6.45, 7) is 3.13. The number of aldehydes is 1. The molecule has 0 aromatic carbocycles. The van der Waals surface area contributed by atoms with Crippen LogP contribution >= 0.6 is 0 Å². The van der Waals surface area contributed by atoms with Gasteiger partial charge in [0.25, 0.3) is 0 Å². The van der Waals surface area contributed by atoms with E-state index in [0.29, 0.717) is 5.56 Å². The van der Waals surface area contributed by atoms with Gasteiger partial charge in [0, 0.05) is 32.0 Å². The first-order valence-corrected chi connectivity index (χ1v) is 5.93. The summed E-state index contributed by atoms with van der Waals surface area (Å²) in [5.41, 5.74) is 1.62. The molecule has 1 aromatic rings. The average Bonchev–Trinajstić information content (AvgIpc) is 2.34. The molecule has 0 atom stereocenters. The van der Waals surface area contributed by atoms with Crippen LogP contribution in [0.1, 0.15) is 35.2 Å². The van der Waals surface area contributed by atoms with Gasteiger partial charge in [-0.25, -0.2) is 4.98 Å². The van der Waals surface area contributed by atoms with Crippen LogP contribution in [0, 0.1) is 6.92 Å². The maximum atomic E-state index is 10.6. The van der Waals surface area contributed by atoms with Gasteiger partial charge in [-0.3, -0.25) is 4.79 Å². The number of unbranched alkanes of at least 4 members (excludes halogenated alkanes) is 2. The van der Waals surface area contributed by atoms with Gasteiger partial charge in [-0.15, -0.1) is 0 Å². The molecule has 0 amide bonds. The number of carbonyl (C=O) groups excluding carboxylic acids is 1. The van der Waals surface area contributed by atoms with Gasteiger partial charge in [0.1, 0.15) is 5.82 Å². The highest BCUT2D eigenvalue weighted by atomic mass is 16.2. The number of aliphatic hydroxyl groups excluding tert-OH is 1. The van der Waals surface area contributed by atoms with E-state index in [4.69, 9.17) is 5.11 Å². The maximum Gasteiger partial charge on any atom is 0.151 e. The normalized spacial score (nSPS) is 10.3. The lowest BCUT2D eigenvalue weighted by atomic mass is 10.2. The average molecular weight is 236 g/mol. The second-order valence-corrected chi connectivity index (χ2v) is 4.23. The Balaban J connectivity index is 2.56. The number of aliphatic hydroxyl groups is 1. The van der Waals surface area contributed by atoms with Crippen LogP contribution in [-0.4, -0.2) is 36.6 Å². The Bertz CT molecular complexity index is 366. The van der Waals surface area contributed by atoms with E-state index in [2.05, 4.69) is 9.88 Å². The summed E-state index contributed by atoms with van der Waals surface area (Å²) in [5.74, 6) is 0.916. The first kappa shape index (κ1) is 13.6. The number of carbonyl (C=O) groups is 1. The molecule has 1 heterocycles. The third-order valence-electron chi connectivity index (χ3n) is 2.72. The van der Waals surface area contributed by atoms with Crippen LogP contribution in [0.4, 0.5) is 5.82 Å². The number of rotatable bonds is 7. The molecular weight excluding hydrogens is 216 g/mol. The summed E-state index contributed by atoms with van der Waals surface area (Å²) in [7, 11) is 1.99. The zero-order valence-electron chi connectivity index (χ0n) is 10.5. The molecule has 1 N–H and O–H groups in total. The number of hydrogen-bond acceptors (Lipinski definition) is 4. The van der Waals surface area contributed by atoms with Crippen molar-refractivity contribution in [2.24, 2.45) is 0 Å². The molecule has 0 aliphatic carbocycles. The first-order valence-electron chi connectivity index (χ1n) is 5.93. The molecule has 0 spiro atoms. The van der Waals surface area contributed by atoms with Crippen molar-refractivity contribution in [3.8, 4) is 0 Å². The van der Waals surface area contributed by atoms with E-state index >= 15 is 0 Å². The molecular formula is C13H20N2O2. The van der Waals surface area contributed by atoms with Crippen molar-refractivity contribution in [3.63, 3.8) is 0 Å². The van der Waals surface area contributed by atoms with E-state index in [-0.39, 0.29) is 6.61 Å². The number of aromatic nitrogens is 1. The highest BCUT2D eigenvalue weighted by Gasteiger charge is 2.06. The minimum Gasteiger partial charge on any atom is -0.396 e. The molecule has 0 bridgehead atoms. The van der Waals surface area contributed by atoms with Crippen molar-refractivity contribution >= 4 is 12.1 Å². The fourth-order valence-corrected chi connectivity index (χ4v) is 1.80. The maximum absolute atomic E-state index is 10.6. The number of anilines is 1. The van der Waals surface area contributed by atoms with Gasteiger partial charge in [0.2, 0.25) is 0 Å². The van der Waals surface area contributed by atoms with Gasteiger partial charge in [0.05, 0.1) is 0 Å². The molecule has 4 nitrogen and oxygen atoms in total. The molecule has 1 aromatic heterocycles. The van der Waals surface area contributed by atoms with Crippen LogP contribution in [-0.2, 0) is 0 Å². The molecule has 0 saturated carbocycles. The molecule has 0 fully saturated rings. The Hall–Kier alpha value is -1.42. The van der Waals surface area contributed by atoms with E-state index < -0.39 is 0 Å². The molecule has 94 valence electrons. The van der Waals surface area contributed by atoms with Crippen LogP contribution in [0.25, 0.3) is 0 Å². The molecule has 0 radical (unpaired) electrons. The Morgan fingerprint density at radius 1 is 1.41 bits per heavy atom. The van der Waals surface area contributed by atoms with Crippen LogP contribution in [0.15, 0.2) is 12.3 Å². The number of nitrogens with zero attached hydrogens (tertiary/aromatic N) is 2. The van der Waals surface area contributed by atoms with Crippen molar-refractivity contribution in [3.05, 3.63) is 23.4 Å². The Kier molecular flexibility index (Phi) is 5.63.